The molecule has 4 heteroatoms. The minimum Gasteiger partial charge on any atom is -0.420 e. The van der Waals surface area contributed by atoms with Gasteiger partial charge in [0.1, 0.15) is 11.6 Å². The van der Waals surface area contributed by atoms with Gasteiger partial charge in [0.15, 0.2) is 0 Å². The van der Waals surface area contributed by atoms with E-state index in [0.717, 1.165) is 6.08 Å². The molecule has 14 heavy (non-hydrogen) atoms. The molecule has 1 aromatic rings. The van der Waals surface area contributed by atoms with Crippen molar-refractivity contribution in [2.45, 2.75) is 0 Å². The fraction of sp³-hybridized carbons (Fsp3) is 0. The van der Waals surface area contributed by atoms with Gasteiger partial charge in [-0.25, -0.2) is 9.18 Å². The molecular weight excluding hydrogens is 187 g/mol. The van der Waals surface area contributed by atoms with Crippen LogP contribution in [0.15, 0.2) is 30.3 Å². The Morgan fingerprint density at radius 2 is 1.86 bits per heavy atom. The van der Waals surface area contributed by atoms with Crippen LogP contribution in [0.4, 0.5) is 4.39 Å². The van der Waals surface area contributed by atoms with Gasteiger partial charge in [-0.2, -0.15) is 0 Å². The van der Waals surface area contributed by atoms with Gasteiger partial charge in [-0.1, -0.05) is 12.1 Å². The first-order chi connectivity index (χ1) is 6.68. The van der Waals surface area contributed by atoms with E-state index in [9.17, 15) is 14.0 Å². The Labute approximate surface area is 78.8 Å². The maximum atomic E-state index is 13.2. The smallest absolute Gasteiger partial charge is 0.384 e. The van der Waals surface area contributed by atoms with Gasteiger partial charge in [-0.05, 0) is 12.1 Å². The highest BCUT2D eigenvalue weighted by Crippen LogP contribution is 2.23. The lowest BCUT2D eigenvalue weighted by molar-refractivity contribution is -0.144. The number of hydrogen-bond donors (Lipinski definition) is 0. The lowest BCUT2D eigenvalue weighted by Gasteiger charge is -2.01. The van der Waals surface area contributed by atoms with Gasteiger partial charge < -0.3 is 4.74 Å². The van der Waals surface area contributed by atoms with Crippen molar-refractivity contribution in [2.75, 3.05) is 0 Å². The molecule has 0 spiro atoms. The normalized spacial score (nSPS) is 15.4. The van der Waals surface area contributed by atoms with Crippen molar-refractivity contribution in [3.8, 4) is 0 Å². The van der Waals surface area contributed by atoms with E-state index in [4.69, 9.17) is 0 Å². The standard InChI is InChI=1S/C10H5FO3/c11-7-4-2-1-3-6(7)9-5-8(12)10(13)14-9/h1-5H. The van der Waals surface area contributed by atoms with Crippen molar-refractivity contribution in [1.82, 2.24) is 0 Å². The average molecular weight is 192 g/mol. The zero-order valence-electron chi connectivity index (χ0n) is 6.99. The van der Waals surface area contributed by atoms with Gasteiger partial charge in [0.25, 0.3) is 5.78 Å². The van der Waals surface area contributed by atoms with Gasteiger partial charge in [0, 0.05) is 6.08 Å². The first-order valence-corrected chi connectivity index (χ1v) is 3.91. The van der Waals surface area contributed by atoms with E-state index in [1.807, 2.05) is 0 Å². The number of esters is 1. The highest BCUT2D eigenvalue weighted by Gasteiger charge is 2.26. The highest BCUT2D eigenvalue weighted by molar-refractivity contribution is 6.42. The van der Waals surface area contributed by atoms with E-state index < -0.39 is 17.6 Å². The molecule has 3 nitrogen and oxygen atoms in total. The third-order valence-corrected chi connectivity index (χ3v) is 1.81. The Morgan fingerprint density at radius 3 is 2.43 bits per heavy atom. The van der Waals surface area contributed by atoms with Gasteiger partial charge in [0.2, 0.25) is 0 Å². The minimum atomic E-state index is -0.969. The van der Waals surface area contributed by atoms with Gasteiger partial charge in [0.05, 0.1) is 5.56 Å². The van der Waals surface area contributed by atoms with E-state index in [1.165, 1.54) is 18.2 Å². The van der Waals surface area contributed by atoms with Crippen LogP contribution in [0.2, 0.25) is 0 Å². The Balaban J connectivity index is 2.43. The second kappa shape index (κ2) is 3.06. The molecule has 1 aliphatic heterocycles. The number of ether oxygens (including phenoxy) is 1. The first-order valence-electron chi connectivity index (χ1n) is 3.91. The van der Waals surface area contributed by atoms with E-state index in [2.05, 4.69) is 4.74 Å². The van der Waals surface area contributed by atoms with Gasteiger partial charge in [-0.3, -0.25) is 4.79 Å². The second-order valence-electron chi connectivity index (χ2n) is 2.74. The van der Waals surface area contributed by atoms with Crippen LogP contribution in [-0.4, -0.2) is 11.8 Å². The lowest BCUT2D eigenvalue weighted by atomic mass is 10.1. The molecule has 0 aromatic heterocycles. The molecule has 0 unspecified atom stereocenters. The first kappa shape index (κ1) is 8.62. The summed E-state index contributed by atoms with van der Waals surface area (Å²) in [6, 6.07) is 5.77. The Bertz CT molecular complexity index is 448. The molecule has 0 aliphatic carbocycles. The lowest BCUT2D eigenvalue weighted by Crippen LogP contribution is -2.05. The molecule has 0 amide bonds. The quantitative estimate of drug-likeness (QED) is 0.497. The van der Waals surface area contributed by atoms with Crippen molar-refractivity contribution in [3.63, 3.8) is 0 Å². The fourth-order valence-electron chi connectivity index (χ4n) is 1.15. The third-order valence-electron chi connectivity index (χ3n) is 1.81. The average Bonchev–Trinajstić information content (AvgIpc) is 2.48. The molecule has 0 fully saturated rings. The number of ketones is 1. The summed E-state index contributed by atoms with van der Waals surface area (Å²) in [4.78, 5) is 21.5. The number of hydrogen-bond acceptors (Lipinski definition) is 3. The SMILES string of the molecule is O=C1C=C(c2ccccc2F)OC1=O. The van der Waals surface area contributed by atoms with Crippen molar-refractivity contribution in [1.29, 1.82) is 0 Å². The van der Waals surface area contributed by atoms with Crippen LogP contribution in [0.3, 0.4) is 0 Å². The van der Waals surface area contributed by atoms with E-state index in [0.29, 0.717) is 0 Å². The van der Waals surface area contributed by atoms with Crippen LogP contribution in [0, 0.1) is 5.82 Å². The zero-order chi connectivity index (χ0) is 10.1. The topological polar surface area (TPSA) is 43.4 Å². The van der Waals surface area contributed by atoms with Crippen LogP contribution >= 0.6 is 0 Å². The van der Waals surface area contributed by atoms with Crippen LogP contribution in [0.25, 0.3) is 5.76 Å². The number of benzene rings is 1. The fourth-order valence-corrected chi connectivity index (χ4v) is 1.15. The summed E-state index contributed by atoms with van der Waals surface area (Å²) in [7, 11) is 0. The number of halogens is 1. The Kier molecular flexibility index (Phi) is 1.89. The second-order valence-corrected chi connectivity index (χ2v) is 2.74. The molecule has 70 valence electrons. The molecule has 2 rings (SSSR count). The summed E-state index contributed by atoms with van der Waals surface area (Å²) < 4.78 is 17.7. The molecule has 1 aliphatic rings. The summed E-state index contributed by atoms with van der Waals surface area (Å²) in [6.45, 7) is 0. The highest BCUT2D eigenvalue weighted by atomic mass is 19.1. The third kappa shape index (κ3) is 1.31. The molecule has 0 saturated carbocycles. The van der Waals surface area contributed by atoms with Crippen molar-refractivity contribution < 1.29 is 18.7 Å². The minimum absolute atomic E-state index is 0.0295. The Morgan fingerprint density at radius 1 is 1.14 bits per heavy atom. The molecule has 0 N–H and O–H groups in total. The maximum Gasteiger partial charge on any atom is 0.384 e. The molecule has 1 aromatic carbocycles. The van der Waals surface area contributed by atoms with E-state index in [1.54, 1.807) is 6.07 Å². The maximum absolute atomic E-state index is 13.2. The largest absolute Gasteiger partial charge is 0.420 e. The zero-order valence-corrected chi connectivity index (χ0v) is 6.99. The predicted octanol–water partition coefficient (Wildman–Crippen LogP) is 1.29. The number of carbonyl (C=O) groups is 2. The predicted molar refractivity (Wildman–Crippen MR) is 45.5 cm³/mol. The van der Waals surface area contributed by atoms with Crippen molar-refractivity contribution in [3.05, 3.63) is 41.7 Å². The summed E-state index contributed by atoms with van der Waals surface area (Å²) in [5, 5.41) is 0. The number of rotatable bonds is 1. The molecule has 1 heterocycles. The van der Waals surface area contributed by atoms with Crippen molar-refractivity contribution in [2.24, 2.45) is 0 Å². The van der Waals surface area contributed by atoms with E-state index >= 15 is 0 Å². The van der Waals surface area contributed by atoms with Crippen LogP contribution in [-0.2, 0) is 14.3 Å². The molecule has 0 atom stereocenters. The summed E-state index contributed by atoms with van der Waals surface area (Å²) in [6.07, 6.45) is 0.987. The molecule has 0 saturated heterocycles. The number of carbonyl (C=O) groups excluding carboxylic acids is 2. The summed E-state index contributed by atoms with van der Waals surface area (Å²) >= 11 is 0. The van der Waals surface area contributed by atoms with Gasteiger partial charge in [-0.15, -0.1) is 0 Å². The van der Waals surface area contributed by atoms with Crippen LogP contribution in [0.5, 0.6) is 0 Å². The van der Waals surface area contributed by atoms with Crippen LogP contribution in [0.1, 0.15) is 5.56 Å². The summed E-state index contributed by atoms with van der Waals surface area (Å²) in [5.74, 6) is -2.29. The molecular formula is C10H5FO3. The van der Waals surface area contributed by atoms with Crippen LogP contribution < -0.4 is 0 Å². The summed E-state index contributed by atoms with van der Waals surface area (Å²) in [5.41, 5.74) is 0.117. The van der Waals surface area contributed by atoms with Gasteiger partial charge >= 0.3 is 5.97 Å². The Hall–Kier alpha value is -1.97. The number of cyclic esters (lactones) is 1. The molecule has 0 bridgehead atoms. The van der Waals surface area contributed by atoms with E-state index in [-0.39, 0.29) is 11.3 Å². The molecule has 0 radical (unpaired) electrons. The van der Waals surface area contributed by atoms with Crippen molar-refractivity contribution >= 4 is 17.5 Å². The monoisotopic (exact) mass is 192 g/mol.